The number of methoxy groups -OCH3 is 1. The molecule has 5 nitrogen and oxygen atoms in total. The van der Waals surface area contributed by atoms with Crippen LogP contribution < -0.4 is 4.74 Å². The molecule has 2 aromatic heterocycles. The van der Waals surface area contributed by atoms with Crippen LogP contribution in [0.2, 0.25) is 5.02 Å². The molecule has 0 saturated carbocycles. The number of rotatable bonds is 4. The highest BCUT2D eigenvalue weighted by molar-refractivity contribution is 6.30. The van der Waals surface area contributed by atoms with Gasteiger partial charge in [-0.3, -0.25) is 0 Å². The number of imidazole rings is 1. The van der Waals surface area contributed by atoms with Gasteiger partial charge in [0.1, 0.15) is 11.5 Å². The Morgan fingerprint density at radius 3 is 2.82 bits per heavy atom. The Morgan fingerprint density at radius 2 is 2.14 bits per heavy atom. The lowest BCUT2D eigenvalue weighted by Crippen LogP contribution is -2.05. The summed E-state index contributed by atoms with van der Waals surface area (Å²) in [5.74, 6) is 1.41. The maximum atomic E-state index is 6.06. The van der Waals surface area contributed by atoms with Crippen molar-refractivity contribution in [3.8, 4) is 17.1 Å². The van der Waals surface area contributed by atoms with E-state index in [0.717, 1.165) is 17.1 Å². The zero-order valence-electron chi connectivity index (χ0n) is 12.3. The summed E-state index contributed by atoms with van der Waals surface area (Å²) in [4.78, 5) is 13.2. The number of nitrogens with zero attached hydrogens (tertiary/aromatic N) is 4. The second-order valence-corrected chi connectivity index (χ2v) is 5.27. The van der Waals surface area contributed by atoms with E-state index in [1.165, 1.54) is 0 Å². The lowest BCUT2D eigenvalue weighted by Gasteiger charge is -2.10. The summed E-state index contributed by atoms with van der Waals surface area (Å²) in [5.41, 5.74) is 2.39. The van der Waals surface area contributed by atoms with Gasteiger partial charge in [0.15, 0.2) is 0 Å². The molecule has 0 amide bonds. The molecular weight excluding hydrogens is 300 g/mol. The van der Waals surface area contributed by atoms with E-state index in [1.807, 2.05) is 42.0 Å². The number of hydrogen-bond donors (Lipinski definition) is 0. The van der Waals surface area contributed by atoms with E-state index in [1.54, 1.807) is 19.5 Å². The smallest absolute Gasteiger partial charge is 0.240 e. The molecule has 0 spiro atoms. The maximum absolute atomic E-state index is 6.06. The number of aromatic nitrogens is 4. The molecule has 1 aromatic carbocycles. The predicted octanol–water partition coefficient (Wildman–Crippen LogP) is 3.36. The molecule has 0 saturated heterocycles. The van der Waals surface area contributed by atoms with Crippen molar-refractivity contribution in [2.24, 2.45) is 0 Å². The van der Waals surface area contributed by atoms with Gasteiger partial charge in [0, 0.05) is 23.0 Å². The third kappa shape index (κ3) is 2.94. The van der Waals surface area contributed by atoms with E-state index in [2.05, 4.69) is 15.0 Å². The van der Waals surface area contributed by atoms with Crippen molar-refractivity contribution in [3.63, 3.8) is 0 Å². The fourth-order valence-corrected chi connectivity index (χ4v) is 2.40. The second-order valence-electron chi connectivity index (χ2n) is 4.83. The molecule has 0 bridgehead atoms. The Hall–Kier alpha value is -2.40. The van der Waals surface area contributed by atoms with E-state index >= 15 is 0 Å². The van der Waals surface area contributed by atoms with Gasteiger partial charge in [-0.1, -0.05) is 23.7 Å². The molecule has 3 aromatic rings. The van der Waals surface area contributed by atoms with Gasteiger partial charge in [-0.2, -0.15) is 0 Å². The van der Waals surface area contributed by atoms with Crippen LogP contribution in [0.5, 0.6) is 5.88 Å². The molecule has 0 aliphatic carbocycles. The van der Waals surface area contributed by atoms with E-state index in [0.29, 0.717) is 23.1 Å². The van der Waals surface area contributed by atoms with Crippen LogP contribution in [0.15, 0.2) is 42.9 Å². The first-order valence-corrected chi connectivity index (χ1v) is 7.19. The molecule has 0 fully saturated rings. The van der Waals surface area contributed by atoms with Gasteiger partial charge in [-0.25, -0.2) is 15.0 Å². The third-order valence-electron chi connectivity index (χ3n) is 3.34. The van der Waals surface area contributed by atoms with Crippen LogP contribution >= 0.6 is 11.6 Å². The quantitative estimate of drug-likeness (QED) is 0.741. The molecule has 22 heavy (non-hydrogen) atoms. The lowest BCUT2D eigenvalue weighted by atomic mass is 10.1. The number of aryl methyl sites for hydroxylation is 1. The van der Waals surface area contributed by atoms with Crippen LogP contribution in [0.3, 0.4) is 0 Å². The van der Waals surface area contributed by atoms with Gasteiger partial charge >= 0.3 is 0 Å². The molecule has 112 valence electrons. The van der Waals surface area contributed by atoms with E-state index in [4.69, 9.17) is 16.3 Å². The first-order chi connectivity index (χ1) is 10.7. The highest BCUT2D eigenvalue weighted by Crippen LogP contribution is 2.28. The van der Waals surface area contributed by atoms with Crippen LogP contribution in [-0.4, -0.2) is 26.6 Å². The number of hydrogen-bond acceptors (Lipinski definition) is 4. The fourth-order valence-electron chi connectivity index (χ4n) is 2.21. The summed E-state index contributed by atoms with van der Waals surface area (Å²) >= 11 is 6.06. The third-order valence-corrected chi connectivity index (χ3v) is 3.57. The SMILES string of the molecule is COc1ncc(Cn2ccnc2C)nc1-c1cccc(Cl)c1. The van der Waals surface area contributed by atoms with E-state index < -0.39 is 0 Å². The van der Waals surface area contributed by atoms with Crippen molar-refractivity contribution in [3.05, 3.63) is 59.4 Å². The van der Waals surface area contributed by atoms with Crippen molar-refractivity contribution in [2.45, 2.75) is 13.5 Å². The Kier molecular flexibility index (Phi) is 4.06. The van der Waals surface area contributed by atoms with E-state index in [9.17, 15) is 0 Å². The van der Waals surface area contributed by atoms with Crippen LogP contribution in [0.4, 0.5) is 0 Å². The molecule has 0 radical (unpaired) electrons. The normalized spacial score (nSPS) is 10.7. The molecule has 0 N–H and O–H groups in total. The van der Waals surface area contributed by atoms with Crippen molar-refractivity contribution < 1.29 is 4.74 Å². The molecule has 3 rings (SSSR count). The monoisotopic (exact) mass is 314 g/mol. The fraction of sp³-hybridized carbons (Fsp3) is 0.188. The topological polar surface area (TPSA) is 52.8 Å². The zero-order chi connectivity index (χ0) is 15.5. The first-order valence-electron chi connectivity index (χ1n) is 6.81. The second kappa shape index (κ2) is 6.15. The zero-order valence-corrected chi connectivity index (χ0v) is 13.1. The Bertz CT molecular complexity index is 800. The van der Waals surface area contributed by atoms with Gasteiger partial charge in [0.2, 0.25) is 5.88 Å². The number of ether oxygens (including phenoxy) is 1. The minimum atomic E-state index is 0.480. The molecule has 0 atom stereocenters. The van der Waals surface area contributed by atoms with Crippen molar-refractivity contribution in [1.29, 1.82) is 0 Å². The van der Waals surface area contributed by atoms with Crippen LogP contribution in [0.1, 0.15) is 11.5 Å². The Balaban J connectivity index is 2.01. The van der Waals surface area contributed by atoms with Crippen LogP contribution in [-0.2, 0) is 6.54 Å². The maximum Gasteiger partial charge on any atom is 0.240 e. The number of benzene rings is 1. The largest absolute Gasteiger partial charge is 0.479 e. The van der Waals surface area contributed by atoms with Gasteiger partial charge in [0.25, 0.3) is 0 Å². The average Bonchev–Trinajstić information content (AvgIpc) is 2.92. The minimum absolute atomic E-state index is 0.480. The lowest BCUT2D eigenvalue weighted by molar-refractivity contribution is 0.397. The predicted molar refractivity (Wildman–Crippen MR) is 85.1 cm³/mol. The molecular formula is C16H15ClN4O. The van der Waals surface area contributed by atoms with Crippen molar-refractivity contribution >= 4 is 11.6 Å². The summed E-state index contributed by atoms with van der Waals surface area (Å²) in [6.07, 6.45) is 5.40. The van der Waals surface area contributed by atoms with Gasteiger partial charge in [0.05, 0.1) is 25.5 Å². The summed E-state index contributed by atoms with van der Waals surface area (Å²) in [7, 11) is 1.58. The summed E-state index contributed by atoms with van der Waals surface area (Å²) in [6, 6.07) is 7.49. The van der Waals surface area contributed by atoms with Crippen LogP contribution in [0, 0.1) is 6.92 Å². The van der Waals surface area contributed by atoms with E-state index in [-0.39, 0.29) is 0 Å². The van der Waals surface area contributed by atoms with Gasteiger partial charge in [-0.15, -0.1) is 0 Å². The van der Waals surface area contributed by atoms with Gasteiger partial charge < -0.3 is 9.30 Å². The summed E-state index contributed by atoms with van der Waals surface area (Å²) in [5, 5.41) is 0.650. The van der Waals surface area contributed by atoms with Gasteiger partial charge in [-0.05, 0) is 19.1 Å². The summed E-state index contributed by atoms with van der Waals surface area (Å²) in [6.45, 7) is 2.56. The Morgan fingerprint density at radius 1 is 1.27 bits per heavy atom. The molecule has 0 aliphatic heterocycles. The molecule has 0 unspecified atom stereocenters. The highest BCUT2D eigenvalue weighted by atomic mass is 35.5. The molecule has 0 aliphatic rings. The Labute approximate surface area is 133 Å². The summed E-state index contributed by atoms with van der Waals surface area (Å²) < 4.78 is 7.33. The molecule has 2 heterocycles. The highest BCUT2D eigenvalue weighted by Gasteiger charge is 2.12. The van der Waals surface area contributed by atoms with Crippen molar-refractivity contribution in [1.82, 2.24) is 19.5 Å². The first kappa shape index (κ1) is 14.5. The number of halogens is 1. The average molecular weight is 315 g/mol. The minimum Gasteiger partial charge on any atom is -0.479 e. The van der Waals surface area contributed by atoms with Crippen molar-refractivity contribution in [2.75, 3.05) is 7.11 Å². The standard InChI is InChI=1S/C16H15ClN4O/c1-11-18-6-7-21(11)10-14-9-19-16(22-2)15(20-14)12-4-3-5-13(17)8-12/h3-9H,10H2,1-2H3. The van der Waals surface area contributed by atoms with Crippen LogP contribution in [0.25, 0.3) is 11.3 Å². The molecule has 6 heteroatoms.